The molecule has 0 radical (unpaired) electrons. The number of allylic oxidation sites excluding steroid dienone is 1. The van der Waals surface area contributed by atoms with E-state index in [1.807, 2.05) is 16.3 Å². The Bertz CT molecular complexity index is 750. The van der Waals surface area contributed by atoms with Gasteiger partial charge in [0.15, 0.2) is 0 Å². The zero-order chi connectivity index (χ0) is 16.4. The number of rotatable bonds is 2. The molecule has 0 saturated carbocycles. The predicted molar refractivity (Wildman–Crippen MR) is 96.5 cm³/mol. The lowest BCUT2D eigenvalue weighted by molar-refractivity contribution is 0.191. The number of hydrogen-bond acceptors (Lipinski definition) is 5. The van der Waals surface area contributed by atoms with Gasteiger partial charge in [-0.3, -0.25) is 0 Å². The van der Waals surface area contributed by atoms with Gasteiger partial charge < -0.3 is 15.1 Å². The van der Waals surface area contributed by atoms with Gasteiger partial charge in [-0.15, -0.1) is 11.3 Å². The minimum Gasteiger partial charge on any atom is -0.352 e. The van der Waals surface area contributed by atoms with Crippen LogP contribution in [0.3, 0.4) is 0 Å². The van der Waals surface area contributed by atoms with Gasteiger partial charge in [-0.1, -0.05) is 12.2 Å². The van der Waals surface area contributed by atoms with Crippen molar-refractivity contribution in [3.8, 4) is 0 Å². The molecule has 1 aliphatic carbocycles. The Balaban J connectivity index is 1.38. The van der Waals surface area contributed by atoms with Gasteiger partial charge >= 0.3 is 6.03 Å². The maximum absolute atomic E-state index is 12.4. The topological polar surface area (TPSA) is 61.4 Å². The Morgan fingerprint density at radius 1 is 1.25 bits per heavy atom. The molecule has 6 nitrogen and oxygen atoms in total. The molecule has 3 heterocycles. The smallest absolute Gasteiger partial charge is 0.317 e. The molecule has 2 aliphatic rings. The van der Waals surface area contributed by atoms with Gasteiger partial charge in [-0.25, -0.2) is 14.8 Å². The molecule has 0 aromatic carbocycles. The number of carbonyl (C=O) groups is 1. The molecular weight excluding hydrogens is 322 g/mol. The molecule has 1 aliphatic heterocycles. The first kappa shape index (κ1) is 15.4. The van der Waals surface area contributed by atoms with Crippen molar-refractivity contribution in [2.24, 2.45) is 0 Å². The van der Waals surface area contributed by atoms with E-state index in [1.54, 1.807) is 17.7 Å². The molecule has 126 valence electrons. The molecular formula is C17H21N5OS. The summed E-state index contributed by atoms with van der Waals surface area (Å²) in [4.78, 5) is 25.3. The third kappa shape index (κ3) is 3.08. The molecule has 1 unspecified atom stereocenters. The maximum Gasteiger partial charge on any atom is 0.317 e. The zero-order valence-electron chi connectivity index (χ0n) is 13.5. The van der Waals surface area contributed by atoms with E-state index in [0.29, 0.717) is 0 Å². The van der Waals surface area contributed by atoms with Gasteiger partial charge in [-0.2, -0.15) is 0 Å². The first-order valence-corrected chi connectivity index (χ1v) is 9.34. The number of anilines is 1. The summed E-state index contributed by atoms with van der Waals surface area (Å²) in [5.41, 5.74) is 0.995. The number of urea groups is 1. The fourth-order valence-electron chi connectivity index (χ4n) is 3.30. The first-order valence-electron chi connectivity index (χ1n) is 8.46. The Labute approximate surface area is 145 Å². The van der Waals surface area contributed by atoms with Crippen molar-refractivity contribution in [3.05, 3.63) is 29.9 Å². The number of piperazine rings is 1. The van der Waals surface area contributed by atoms with Crippen molar-refractivity contribution in [1.29, 1.82) is 0 Å². The van der Waals surface area contributed by atoms with E-state index in [2.05, 4.69) is 32.3 Å². The molecule has 2 aromatic heterocycles. The minimum atomic E-state index is 0.0511. The highest BCUT2D eigenvalue weighted by Gasteiger charge is 2.24. The molecule has 1 fully saturated rings. The second-order valence-electron chi connectivity index (χ2n) is 6.22. The summed E-state index contributed by atoms with van der Waals surface area (Å²) in [5, 5.41) is 5.17. The lowest BCUT2D eigenvalue weighted by Crippen LogP contribution is -2.53. The molecule has 2 amide bonds. The van der Waals surface area contributed by atoms with Crippen LogP contribution in [0.5, 0.6) is 0 Å². The van der Waals surface area contributed by atoms with Crippen molar-refractivity contribution in [2.45, 2.75) is 25.3 Å². The monoisotopic (exact) mass is 343 g/mol. The van der Waals surface area contributed by atoms with Gasteiger partial charge in [0.05, 0.1) is 10.2 Å². The van der Waals surface area contributed by atoms with E-state index in [-0.39, 0.29) is 12.1 Å². The summed E-state index contributed by atoms with van der Waals surface area (Å²) in [7, 11) is 0. The normalized spacial score (nSPS) is 21.2. The number of amides is 2. The van der Waals surface area contributed by atoms with Gasteiger partial charge in [0.1, 0.15) is 12.1 Å². The number of carbonyl (C=O) groups excluding carboxylic acids is 1. The number of aromatic nitrogens is 2. The van der Waals surface area contributed by atoms with E-state index >= 15 is 0 Å². The number of fused-ring (bicyclic) bond motifs is 1. The van der Waals surface area contributed by atoms with Crippen LogP contribution in [-0.4, -0.2) is 53.1 Å². The second kappa shape index (κ2) is 6.76. The molecule has 1 atom stereocenters. The standard InChI is InChI=1S/C17H21N5OS/c23-17(20-13-4-2-1-3-5-13)22-9-7-21(8-10-22)16-15-14(6-11-24-15)18-12-19-16/h2,4,6,11-13H,1,3,5,7-10H2,(H,20,23). The highest BCUT2D eigenvalue weighted by atomic mass is 32.1. The van der Waals surface area contributed by atoms with Crippen LogP contribution in [0.4, 0.5) is 10.6 Å². The fourth-order valence-corrected chi connectivity index (χ4v) is 4.17. The van der Waals surface area contributed by atoms with Gasteiger partial charge in [0.25, 0.3) is 0 Å². The second-order valence-corrected chi connectivity index (χ2v) is 7.14. The van der Waals surface area contributed by atoms with Crippen molar-refractivity contribution in [1.82, 2.24) is 20.2 Å². The average molecular weight is 343 g/mol. The highest BCUT2D eigenvalue weighted by Crippen LogP contribution is 2.28. The largest absolute Gasteiger partial charge is 0.352 e. The summed E-state index contributed by atoms with van der Waals surface area (Å²) in [6, 6.07) is 2.26. The van der Waals surface area contributed by atoms with Gasteiger partial charge in [-0.05, 0) is 30.7 Å². The summed E-state index contributed by atoms with van der Waals surface area (Å²) < 4.78 is 1.13. The number of hydrogen-bond donors (Lipinski definition) is 1. The number of nitrogens with one attached hydrogen (secondary N) is 1. The molecule has 7 heteroatoms. The molecule has 0 bridgehead atoms. The Kier molecular flexibility index (Phi) is 4.34. The summed E-state index contributed by atoms with van der Waals surface area (Å²) in [6.07, 6.45) is 9.22. The van der Waals surface area contributed by atoms with Crippen LogP contribution >= 0.6 is 11.3 Å². The Morgan fingerprint density at radius 3 is 2.92 bits per heavy atom. The van der Waals surface area contributed by atoms with Crippen LogP contribution in [-0.2, 0) is 0 Å². The van der Waals surface area contributed by atoms with Crippen LogP contribution < -0.4 is 10.2 Å². The third-order valence-corrected chi connectivity index (χ3v) is 5.55. The highest BCUT2D eigenvalue weighted by molar-refractivity contribution is 7.17. The van der Waals surface area contributed by atoms with E-state index in [1.165, 1.54) is 0 Å². The molecule has 2 aromatic rings. The Hall–Kier alpha value is -2.15. The molecule has 0 spiro atoms. The maximum atomic E-state index is 12.4. The lowest BCUT2D eigenvalue weighted by atomic mass is 10.0. The Morgan fingerprint density at radius 2 is 2.12 bits per heavy atom. The van der Waals surface area contributed by atoms with E-state index in [0.717, 1.165) is 61.5 Å². The van der Waals surface area contributed by atoms with Crippen LogP contribution in [0.1, 0.15) is 19.3 Å². The average Bonchev–Trinajstić information content (AvgIpc) is 3.11. The lowest BCUT2D eigenvalue weighted by Gasteiger charge is -2.36. The number of nitrogens with zero attached hydrogens (tertiary/aromatic N) is 4. The van der Waals surface area contributed by atoms with Crippen LogP contribution in [0.15, 0.2) is 29.9 Å². The summed E-state index contributed by atoms with van der Waals surface area (Å²) in [6.45, 7) is 3.05. The molecule has 1 saturated heterocycles. The van der Waals surface area contributed by atoms with Gasteiger partial charge in [0.2, 0.25) is 0 Å². The van der Waals surface area contributed by atoms with Crippen molar-refractivity contribution >= 4 is 33.4 Å². The van der Waals surface area contributed by atoms with E-state index in [9.17, 15) is 4.79 Å². The molecule has 1 N–H and O–H groups in total. The summed E-state index contributed by atoms with van der Waals surface area (Å²) >= 11 is 1.67. The fraction of sp³-hybridized carbons (Fsp3) is 0.471. The van der Waals surface area contributed by atoms with Crippen LogP contribution in [0, 0.1) is 0 Å². The van der Waals surface area contributed by atoms with Crippen LogP contribution in [0.2, 0.25) is 0 Å². The predicted octanol–water partition coefficient (Wildman–Crippen LogP) is 2.63. The minimum absolute atomic E-state index is 0.0511. The zero-order valence-corrected chi connectivity index (χ0v) is 14.3. The molecule has 24 heavy (non-hydrogen) atoms. The third-order valence-electron chi connectivity index (χ3n) is 4.65. The van der Waals surface area contributed by atoms with Crippen molar-refractivity contribution in [2.75, 3.05) is 31.1 Å². The van der Waals surface area contributed by atoms with Gasteiger partial charge in [0, 0.05) is 32.2 Å². The van der Waals surface area contributed by atoms with E-state index in [4.69, 9.17) is 0 Å². The quantitative estimate of drug-likeness (QED) is 0.852. The summed E-state index contributed by atoms with van der Waals surface area (Å²) in [5.74, 6) is 0.991. The van der Waals surface area contributed by atoms with E-state index < -0.39 is 0 Å². The van der Waals surface area contributed by atoms with Crippen molar-refractivity contribution in [3.63, 3.8) is 0 Å². The van der Waals surface area contributed by atoms with Crippen molar-refractivity contribution < 1.29 is 4.79 Å². The first-order chi connectivity index (χ1) is 11.8. The molecule has 4 rings (SSSR count). The number of thiophene rings is 1. The SMILES string of the molecule is O=C(NC1C=CCCC1)N1CCN(c2ncnc3ccsc23)CC1. The van der Waals surface area contributed by atoms with Crippen LogP contribution in [0.25, 0.3) is 10.2 Å².